The number of para-hydroxylation sites is 1. The van der Waals surface area contributed by atoms with E-state index >= 15 is 0 Å². The van der Waals surface area contributed by atoms with Gasteiger partial charge in [0.05, 0.1) is 12.0 Å². The number of fused-ring (bicyclic) bond motifs is 2. The molecule has 108 valence electrons. The van der Waals surface area contributed by atoms with Gasteiger partial charge < -0.3 is 15.6 Å². The Labute approximate surface area is 126 Å². The second-order valence-corrected chi connectivity index (χ2v) is 5.30. The van der Waals surface area contributed by atoms with Gasteiger partial charge in [0.15, 0.2) is 0 Å². The van der Waals surface area contributed by atoms with Crippen molar-refractivity contribution in [2.24, 2.45) is 0 Å². The fraction of sp³-hybridized carbons (Fsp3) is 0.0588. The summed E-state index contributed by atoms with van der Waals surface area (Å²) in [5.74, 6) is -0.197. The fourth-order valence-electron chi connectivity index (χ4n) is 2.75. The summed E-state index contributed by atoms with van der Waals surface area (Å²) in [6, 6.07) is 13.1. The van der Waals surface area contributed by atoms with Gasteiger partial charge in [-0.15, -0.1) is 0 Å². The number of aromatic amines is 1. The number of nitrogens with one attached hydrogen (secondary N) is 3. The van der Waals surface area contributed by atoms with Crippen LogP contribution in [0.15, 0.2) is 48.7 Å². The first-order chi connectivity index (χ1) is 10.7. The van der Waals surface area contributed by atoms with Gasteiger partial charge in [0.2, 0.25) is 5.91 Å². The standard InChI is InChI=1S/C17H13N3O2/c21-16-7-10-5-6-11(8-15(10)20-16)19-17(22)13-9-18-14-4-2-1-3-12(13)14/h1-6,8-9,18H,7H2,(H,19,22)(H,20,21). The van der Waals surface area contributed by atoms with Crippen LogP contribution in [0.3, 0.4) is 0 Å². The van der Waals surface area contributed by atoms with E-state index < -0.39 is 0 Å². The second kappa shape index (κ2) is 4.73. The van der Waals surface area contributed by atoms with Crippen molar-refractivity contribution in [2.45, 2.75) is 6.42 Å². The summed E-state index contributed by atoms with van der Waals surface area (Å²) in [6.45, 7) is 0. The lowest BCUT2D eigenvalue weighted by molar-refractivity contribution is -0.115. The van der Waals surface area contributed by atoms with E-state index in [0.29, 0.717) is 17.7 Å². The lowest BCUT2D eigenvalue weighted by Gasteiger charge is -2.06. The Morgan fingerprint density at radius 1 is 1.14 bits per heavy atom. The van der Waals surface area contributed by atoms with Crippen molar-refractivity contribution in [1.29, 1.82) is 0 Å². The number of hydrogen-bond donors (Lipinski definition) is 3. The van der Waals surface area contributed by atoms with Crippen LogP contribution in [0.2, 0.25) is 0 Å². The summed E-state index contributed by atoms with van der Waals surface area (Å²) in [5, 5.41) is 6.53. The van der Waals surface area contributed by atoms with Crippen LogP contribution in [-0.2, 0) is 11.2 Å². The Bertz CT molecular complexity index is 911. The summed E-state index contributed by atoms with van der Waals surface area (Å²) < 4.78 is 0. The maximum atomic E-state index is 12.4. The fourth-order valence-corrected chi connectivity index (χ4v) is 2.75. The molecular formula is C17H13N3O2. The highest BCUT2D eigenvalue weighted by atomic mass is 16.2. The van der Waals surface area contributed by atoms with Crippen molar-refractivity contribution in [3.8, 4) is 0 Å². The molecule has 3 N–H and O–H groups in total. The molecule has 1 aliphatic heterocycles. The molecule has 0 saturated carbocycles. The number of amides is 2. The molecule has 0 fully saturated rings. The van der Waals surface area contributed by atoms with Crippen molar-refractivity contribution >= 4 is 34.1 Å². The largest absolute Gasteiger partial charge is 0.360 e. The van der Waals surface area contributed by atoms with Crippen molar-refractivity contribution in [1.82, 2.24) is 4.98 Å². The highest BCUT2D eigenvalue weighted by Gasteiger charge is 2.18. The number of carbonyl (C=O) groups is 2. The van der Waals surface area contributed by atoms with Crippen LogP contribution in [0.1, 0.15) is 15.9 Å². The number of aromatic nitrogens is 1. The number of anilines is 2. The minimum atomic E-state index is -0.179. The molecule has 3 aromatic rings. The number of hydrogen-bond acceptors (Lipinski definition) is 2. The monoisotopic (exact) mass is 291 g/mol. The Morgan fingerprint density at radius 2 is 2.00 bits per heavy atom. The Morgan fingerprint density at radius 3 is 2.91 bits per heavy atom. The molecule has 5 nitrogen and oxygen atoms in total. The first-order valence-electron chi connectivity index (χ1n) is 7.01. The van der Waals surface area contributed by atoms with Gasteiger partial charge in [0.1, 0.15) is 0 Å². The molecule has 0 unspecified atom stereocenters. The molecular weight excluding hydrogens is 278 g/mol. The van der Waals surface area contributed by atoms with E-state index in [2.05, 4.69) is 15.6 Å². The first-order valence-corrected chi connectivity index (χ1v) is 7.01. The summed E-state index contributed by atoms with van der Waals surface area (Å²) in [7, 11) is 0. The van der Waals surface area contributed by atoms with E-state index in [9.17, 15) is 9.59 Å². The van der Waals surface area contributed by atoms with Crippen LogP contribution in [0.5, 0.6) is 0 Å². The Hall–Kier alpha value is -3.08. The maximum absolute atomic E-state index is 12.4. The van der Waals surface area contributed by atoms with Gasteiger partial charge in [0.25, 0.3) is 5.91 Å². The van der Waals surface area contributed by atoms with Crippen molar-refractivity contribution in [2.75, 3.05) is 10.6 Å². The van der Waals surface area contributed by atoms with E-state index in [-0.39, 0.29) is 11.8 Å². The molecule has 0 spiro atoms. The van der Waals surface area contributed by atoms with E-state index in [0.717, 1.165) is 22.2 Å². The molecule has 0 atom stereocenters. The summed E-state index contributed by atoms with van der Waals surface area (Å²) in [4.78, 5) is 26.9. The van der Waals surface area contributed by atoms with Crippen LogP contribution in [0, 0.1) is 0 Å². The zero-order chi connectivity index (χ0) is 15.1. The van der Waals surface area contributed by atoms with Crippen LogP contribution in [-0.4, -0.2) is 16.8 Å². The van der Waals surface area contributed by atoms with Gasteiger partial charge >= 0.3 is 0 Å². The Balaban J connectivity index is 1.63. The van der Waals surface area contributed by atoms with Gasteiger partial charge in [-0.05, 0) is 23.8 Å². The topological polar surface area (TPSA) is 74.0 Å². The molecule has 1 aromatic heterocycles. The lowest BCUT2D eigenvalue weighted by atomic mass is 10.1. The molecule has 1 aliphatic rings. The lowest BCUT2D eigenvalue weighted by Crippen LogP contribution is -2.11. The normalized spacial score (nSPS) is 13.0. The predicted molar refractivity (Wildman–Crippen MR) is 85.0 cm³/mol. The molecule has 0 radical (unpaired) electrons. The van der Waals surface area contributed by atoms with Gasteiger partial charge in [-0.25, -0.2) is 0 Å². The highest BCUT2D eigenvalue weighted by Crippen LogP contribution is 2.27. The molecule has 4 rings (SSSR count). The van der Waals surface area contributed by atoms with Crippen molar-refractivity contribution in [3.05, 3.63) is 59.8 Å². The average molecular weight is 291 g/mol. The summed E-state index contributed by atoms with van der Waals surface area (Å²) >= 11 is 0. The molecule has 0 saturated heterocycles. The smallest absolute Gasteiger partial charge is 0.257 e. The zero-order valence-corrected chi connectivity index (χ0v) is 11.6. The molecule has 22 heavy (non-hydrogen) atoms. The second-order valence-electron chi connectivity index (χ2n) is 5.30. The first kappa shape index (κ1) is 12.6. The maximum Gasteiger partial charge on any atom is 0.257 e. The van der Waals surface area contributed by atoms with Crippen molar-refractivity contribution < 1.29 is 9.59 Å². The van der Waals surface area contributed by atoms with Crippen LogP contribution in [0.25, 0.3) is 10.9 Å². The van der Waals surface area contributed by atoms with E-state index in [1.165, 1.54) is 0 Å². The number of benzene rings is 2. The zero-order valence-electron chi connectivity index (χ0n) is 11.6. The van der Waals surface area contributed by atoms with E-state index in [1.54, 1.807) is 12.3 Å². The van der Waals surface area contributed by atoms with Gasteiger partial charge in [-0.3, -0.25) is 9.59 Å². The van der Waals surface area contributed by atoms with Gasteiger partial charge in [0, 0.05) is 28.5 Å². The minimum absolute atomic E-state index is 0.0184. The molecule has 0 bridgehead atoms. The quantitative estimate of drug-likeness (QED) is 0.679. The van der Waals surface area contributed by atoms with Crippen LogP contribution >= 0.6 is 0 Å². The van der Waals surface area contributed by atoms with Crippen molar-refractivity contribution in [3.63, 3.8) is 0 Å². The third-order valence-corrected chi connectivity index (χ3v) is 3.83. The summed E-state index contributed by atoms with van der Waals surface area (Å²) in [6.07, 6.45) is 2.10. The summed E-state index contributed by atoms with van der Waals surface area (Å²) in [5.41, 5.74) is 3.90. The predicted octanol–water partition coefficient (Wildman–Crippen LogP) is 2.91. The molecule has 5 heteroatoms. The Kier molecular flexibility index (Phi) is 2.72. The number of carbonyl (C=O) groups excluding carboxylic acids is 2. The molecule has 0 aliphatic carbocycles. The van der Waals surface area contributed by atoms with Gasteiger partial charge in [-0.1, -0.05) is 24.3 Å². The van der Waals surface area contributed by atoms with E-state index in [4.69, 9.17) is 0 Å². The number of H-pyrrole nitrogens is 1. The minimum Gasteiger partial charge on any atom is -0.360 e. The van der Waals surface area contributed by atoms with Crippen LogP contribution < -0.4 is 10.6 Å². The number of rotatable bonds is 2. The third kappa shape index (κ3) is 2.03. The molecule has 2 aromatic carbocycles. The highest BCUT2D eigenvalue weighted by molar-refractivity contribution is 6.13. The molecule has 2 amide bonds. The SMILES string of the molecule is O=C1Cc2ccc(NC(=O)c3c[nH]c4ccccc34)cc2N1. The van der Waals surface area contributed by atoms with E-state index in [1.807, 2.05) is 36.4 Å². The average Bonchev–Trinajstić information content (AvgIpc) is 3.09. The van der Waals surface area contributed by atoms with Crippen LogP contribution in [0.4, 0.5) is 11.4 Å². The van der Waals surface area contributed by atoms with Gasteiger partial charge in [-0.2, -0.15) is 0 Å². The molecule has 2 heterocycles. The third-order valence-electron chi connectivity index (χ3n) is 3.83.